The average Bonchev–Trinajstić information content (AvgIpc) is 2.71. The van der Waals surface area contributed by atoms with Crippen LogP contribution in [0.5, 0.6) is 11.5 Å². The van der Waals surface area contributed by atoms with E-state index in [9.17, 15) is 24.5 Å². The van der Waals surface area contributed by atoms with Gasteiger partial charge in [-0.05, 0) is 25.8 Å². The molecule has 0 spiro atoms. The number of rotatable bonds is 10. The number of H-pyrrole nitrogens is 2. The molecule has 0 aliphatic rings. The number of hydrogen-bond acceptors (Lipinski definition) is 8. The summed E-state index contributed by atoms with van der Waals surface area (Å²) in [5, 5.41) is 15.2. The molecule has 0 unspecified atom stereocenters. The Bertz CT molecular complexity index is 1100. The Morgan fingerprint density at radius 1 is 1.32 bits per heavy atom. The van der Waals surface area contributed by atoms with Crippen molar-refractivity contribution in [3.05, 3.63) is 59.9 Å². The second kappa shape index (κ2) is 10.7. The first-order chi connectivity index (χ1) is 14.8. The molecular formula is C19H23N5O7. The molecule has 2 aromatic rings. The summed E-state index contributed by atoms with van der Waals surface area (Å²) in [6, 6.07) is 2.75. The summed E-state index contributed by atoms with van der Waals surface area (Å²) < 4.78 is 10.6. The highest BCUT2D eigenvalue weighted by Gasteiger charge is 2.22. The van der Waals surface area contributed by atoms with E-state index >= 15 is 0 Å². The molecular weight excluding hydrogens is 410 g/mol. The fraction of sp³-hybridized carbons (Fsp3) is 0.368. The van der Waals surface area contributed by atoms with Gasteiger partial charge in [-0.2, -0.15) is 5.10 Å². The fourth-order valence-electron chi connectivity index (χ4n) is 2.72. The van der Waals surface area contributed by atoms with Gasteiger partial charge in [-0.25, -0.2) is 10.2 Å². The lowest BCUT2D eigenvalue weighted by molar-refractivity contribution is -0.386. The van der Waals surface area contributed by atoms with Gasteiger partial charge in [0.2, 0.25) is 11.7 Å². The Balaban J connectivity index is 2.09. The lowest BCUT2D eigenvalue weighted by atomic mass is 10.1. The van der Waals surface area contributed by atoms with Crippen molar-refractivity contribution in [2.75, 3.05) is 13.7 Å². The van der Waals surface area contributed by atoms with Crippen molar-refractivity contribution >= 4 is 17.8 Å². The van der Waals surface area contributed by atoms with Crippen molar-refractivity contribution in [3.63, 3.8) is 0 Å². The molecule has 3 N–H and O–H groups in total. The van der Waals surface area contributed by atoms with Gasteiger partial charge in [0.25, 0.3) is 5.56 Å². The van der Waals surface area contributed by atoms with Crippen molar-refractivity contribution in [2.45, 2.75) is 33.1 Å². The van der Waals surface area contributed by atoms with E-state index in [1.807, 2.05) is 6.92 Å². The number of aromatic nitrogens is 2. The standard InChI is InChI=1S/C19H23N5O7/c1-4-7-31-17-14(24(28)29)8-12(9-15(17)30-3)10-20-23-16(25)6-5-13-11(2)21-19(27)22-18(13)26/h8-10H,4-7H2,1-3H3,(H,23,25)(H2,21,22,26,27)/b20-10+. The molecule has 0 bridgehead atoms. The van der Waals surface area contributed by atoms with Gasteiger partial charge in [-0.3, -0.25) is 24.7 Å². The second-order valence-corrected chi connectivity index (χ2v) is 6.48. The number of carbonyl (C=O) groups is 1. The predicted molar refractivity (Wildman–Crippen MR) is 112 cm³/mol. The van der Waals surface area contributed by atoms with Crippen LogP contribution in [0.2, 0.25) is 0 Å². The number of ether oxygens (including phenoxy) is 2. The van der Waals surface area contributed by atoms with Crippen LogP contribution in [-0.2, 0) is 11.2 Å². The molecule has 0 saturated carbocycles. The first kappa shape index (κ1) is 23.3. The number of nitrogens with zero attached hydrogens (tertiary/aromatic N) is 2. The Labute approximate surface area is 176 Å². The molecule has 0 atom stereocenters. The third-order valence-electron chi connectivity index (χ3n) is 4.18. The zero-order valence-electron chi connectivity index (χ0n) is 17.3. The molecule has 1 amide bonds. The van der Waals surface area contributed by atoms with E-state index < -0.39 is 22.1 Å². The summed E-state index contributed by atoms with van der Waals surface area (Å²) >= 11 is 0. The summed E-state index contributed by atoms with van der Waals surface area (Å²) in [6.45, 7) is 3.73. The van der Waals surface area contributed by atoms with Gasteiger partial charge in [0.05, 0.1) is 24.9 Å². The van der Waals surface area contributed by atoms with Gasteiger partial charge in [-0.15, -0.1) is 0 Å². The number of nitro benzene ring substituents is 1. The number of hydrogen-bond donors (Lipinski definition) is 3. The van der Waals surface area contributed by atoms with E-state index in [1.165, 1.54) is 25.5 Å². The van der Waals surface area contributed by atoms with Gasteiger partial charge in [0, 0.05) is 29.3 Å². The van der Waals surface area contributed by atoms with Crippen LogP contribution in [0, 0.1) is 17.0 Å². The minimum absolute atomic E-state index is 0.0250. The molecule has 12 heteroatoms. The number of hydrazone groups is 1. The van der Waals surface area contributed by atoms with Crippen LogP contribution in [-0.4, -0.2) is 40.7 Å². The van der Waals surface area contributed by atoms with Crippen LogP contribution in [0.4, 0.5) is 5.69 Å². The Morgan fingerprint density at radius 2 is 2.06 bits per heavy atom. The van der Waals surface area contributed by atoms with Crippen LogP contribution < -0.4 is 26.1 Å². The van der Waals surface area contributed by atoms with Gasteiger partial charge < -0.3 is 14.5 Å². The minimum atomic E-state index is -0.615. The molecule has 1 aromatic heterocycles. The molecule has 2 rings (SSSR count). The topological polar surface area (TPSA) is 169 Å². The highest BCUT2D eigenvalue weighted by molar-refractivity contribution is 5.85. The van der Waals surface area contributed by atoms with E-state index in [0.717, 1.165) is 0 Å². The second-order valence-electron chi connectivity index (χ2n) is 6.48. The highest BCUT2D eigenvalue weighted by atomic mass is 16.6. The Morgan fingerprint density at radius 3 is 2.68 bits per heavy atom. The molecule has 31 heavy (non-hydrogen) atoms. The van der Waals surface area contributed by atoms with Gasteiger partial charge in [0.1, 0.15) is 0 Å². The number of aryl methyl sites for hydroxylation is 1. The molecule has 0 radical (unpaired) electrons. The largest absolute Gasteiger partial charge is 0.493 e. The van der Waals surface area contributed by atoms with Crippen molar-refractivity contribution in [3.8, 4) is 11.5 Å². The maximum Gasteiger partial charge on any atom is 0.325 e. The van der Waals surface area contributed by atoms with E-state index in [4.69, 9.17) is 9.47 Å². The summed E-state index contributed by atoms with van der Waals surface area (Å²) in [6.07, 6.45) is 1.94. The smallest absolute Gasteiger partial charge is 0.325 e. The van der Waals surface area contributed by atoms with Gasteiger partial charge >= 0.3 is 11.4 Å². The van der Waals surface area contributed by atoms with Crippen molar-refractivity contribution < 1.29 is 19.2 Å². The highest BCUT2D eigenvalue weighted by Crippen LogP contribution is 2.38. The van der Waals surface area contributed by atoms with Crippen molar-refractivity contribution in [2.24, 2.45) is 5.10 Å². The van der Waals surface area contributed by atoms with Crippen molar-refractivity contribution in [1.29, 1.82) is 0 Å². The maximum atomic E-state index is 12.0. The van der Waals surface area contributed by atoms with E-state index in [2.05, 4.69) is 20.5 Å². The van der Waals surface area contributed by atoms with Crippen LogP contribution in [0.15, 0.2) is 26.8 Å². The zero-order chi connectivity index (χ0) is 23.0. The summed E-state index contributed by atoms with van der Waals surface area (Å²) in [5.74, 6) is -0.286. The lowest BCUT2D eigenvalue weighted by Crippen LogP contribution is -2.28. The number of carbonyl (C=O) groups excluding carboxylic acids is 1. The van der Waals surface area contributed by atoms with Crippen LogP contribution in [0.25, 0.3) is 0 Å². The van der Waals surface area contributed by atoms with Gasteiger partial charge in [-0.1, -0.05) is 6.92 Å². The predicted octanol–water partition coefficient (Wildman–Crippen LogP) is 1.16. The van der Waals surface area contributed by atoms with E-state index in [1.54, 1.807) is 6.92 Å². The fourth-order valence-corrected chi connectivity index (χ4v) is 2.72. The molecule has 0 aliphatic carbocycles. The van der Waals surface area contributed by atoms with Crippen LogP contribution >= 0.6 is 0 Å². The number of aromatic amines is 2. The quantitative estimate of drug-likeness (QED) is 0.287. The molecule has 166 valence electrons. The summed E-state index contributed by atoms with van der Waals surface area (Å²) in [7, 11) is 1.36. The number of amides is 1. The lowest BCUT2D eigenvalue weighted by Gasteiger charge is -2.11. The average molecular weight is 433 g/mol. The van der Waals surface area contributed by atoms with E-state index in [-0.39, 0.29) is 36.6 Å². The third-order valence-corrected chi connectivity index (χ3v) is 4.18. The Kier molecular flexibility index (Phi) is 8.06. The molecule has 0 saturated heterocycles. The Hall–Kier alpha value is -3.96. The number of nitrogens with one attached hydrogen (secondary N) is 3. The minimum Gasteiger partial charge on any atom is -0.493 e. The molecule has 1 heterocycles. The monoisotopic (exact) mass is 433 g/mol. The number of methoxy groups -OCH3 is 1. The molecule has 12 nitrogen and oxygen atoms in total. The van der Waals surface area contributed by atoms with Crippen molar-refractivity contribution in [1.82, 2.24) is 15.4 Å². The maximum absolute atomic E-state index is 12.0. The first-order valence-electron chi connectivity index (χ1n) is 9.40. The zero-order valence-corrected chi connectivity index (χ0v) is 17.3. The molecule has 1 aromatic carbocycles. The van der Waals surface area contributed by atoms with Crippen LogP contribution in [0.3, 0.4) is 0 Å². The molecule has 0 fully saturated rings. The molecule has 0 aliphatic heterocycles. The number of benzene rings is 1. The van der Waals surface area contributed by atoms with E-state index in [0.29, 0.717) is 23.2 Å². The number of nitro groups is 1. The third kappa shape index (κ3) is 6.26. The summed E-state index contributed by atoms with van der Waals surface area (Å²) in [5.41, 5.74) is 1.84. The van der Waals surface area contributed by atoms with Crippen LogP contribution in [0.1, 0.15) is 36.6 Å². The first-order valence-corrected chi connectivity index (χ1v) is 9.40. The normalized spacial score (nSPS) is 10.8. The SMILES string of the molecule is CCCOc1c(OC)cc(/C=N/NC(=O)CCc2c(C)[nH]c(=O)[nH]c2=O)cc1[N+](=O)[O-]. The summed E-state index contributed by atoms with van der Waals surface area (Å²) in [4.78, 5) is 50.4. The van der Waals surface area contributed by atoms with Gasteiger partial charge in [0.15, 0.2) is 5.75 Å².